The van der Waals surface area contributed by atoms with Gasteiger partial charge in [-0.2, -0.15) is 4.37 Å². The summed E-state index contributed by atoms with van der Waals surface area (Å²) in [5.41, 5.74) is 5.84. The summed E-state index contributed by atoms with van der Waals surface area (Å²) in [4.78, 5) is 2.43. The smallest absolute Gasteiger partial charge is 0.150 e. The maximum Gasteiger partial charge on any atom is 0.150 e. The summed E-state index contributed by atoms with van der Waals surface area (Å²) in [5.74, 6) is 1.16. The van der Waals surface area contributed by atoms with Gasteiger partial charge in [-0.3, -0.25) is 4.68 Å². The van der Waals surface area contributed by atoms with Gasteiger partial charge in [-0.25, -0.2) is 0 Å². The van der Waals surface area contributed by atoms with Crippen molar-refractivity contribution in [3.05, 3.63) is 59.9 Å². The Morgan fingerprint density at radius 2 is 1.60 bits per heavy atom. The molecule has 3 aromatic rings. The molecule has 0 atom stereocenters. The van der Waals surface area contributed by atoms with E-state index in [0.717, 1.165) is 38.4 Å². The number of nitrogens with zero attached hydrogens (tertiary/aromatic N) is 4. The minimum absolute atomic E-state index is 1.02. The number of hydrogen-bond donors (Lipinski definition) is 0. The maximum atomic E-state index is 4.71. The summed E-state index contributed by atoms with van der Waals surface area (Å²) >= 11 is 1.61. The molecule has 1 saturated heterocycles. The molecule has 124 valence electrons. The number of fused-ring (bicyclic) bond motifs is 6. The van der Waals surface area contributed by atoms with Gasteiger partial charge < -0.3 is 9.91 Å². The Balaban J connectivity index is 1.23. The van der Waals surface area contributed by atoms with E-state index in [1.807, 2.05) is 0 Å². The standard InChI is InChI=1S/C20H18N4S/c1-2-4-19-16(3-1)20(21-25-19)22-7-9-23(10-8-22)24-12-17-14-5-6-15(11-14)18(17)13-24/h1-6,12-13H,7-11H2. The summed E-state index contributed by atoms with van der Waals surface area (Å²) in [6.07, 6.45) is 10.3. The first-order valence-electron chi connectivity index (χ1n) is 8.84. The molecule has 3 heterocycles. The molecule has 25 heavy (non-hydrogen) atoms. The van der Waals surface area contributed by atoms with Gasteiger partial charge in [-0.05, 0) is 41.2 Å². The number of benzene rings is 1. The molecule has 6 rings (SSSR count). The van der Waals surface area contributed by atoms with E-state index < -0.39 is 0 Å². The van der Waals surface area contributed by atoms with Gasteiger partial charge in [-0.1, -0.05) is 24.3 Å². The number of aromatic nitrogens is 2. The second kappa shape index (κ2) is 4.99. The lowest BCUT2D eigenvalue weighted by molar-refractivity contribution is 0.528. The Morgan fingerprint density at radius 1 is 0.880 bits per heavy atom. The molecule has 0 spiro atoms. The highest BCUT2D eigenvalue weighted by Crippen LogP contribution is 2.45. The number of allylic oxidation sites excluding steroid dienone is 4. The summed E-state index contributed by atoms with van der Waals surface area (Å²) in [6, 6.07) is 8.54. The Morgan fingerprint density at radius 3 is 2.36 bits per heavy atom. The molecule has 1 aliphatic heterocycles. The van der Waals surface area contributed by atoms with Crippen LogP contribution in [0.1, 0.15) is 17.5 Å². The SMILES string of the molecule is C1=C2CC(=C1)c1cn(N3CCN(c4nsc5ccccc45)CC3)cc12. The van der Waals surface area contributed by atoms with Gasteiger partial charge in [0.25, 0.3) is 0 Å². The zero-order chi connectivity index (χ0) is 16.4. The Kier molecular flexibility index (Phi) is 2.74. The molecule has 5 heteroatoms. The van der Waals surface area contributed by atoms with Crippen LogP contribution in [0.5, 0.6) is 0 Å². The predicted molar refractivity (Wildman–Crippen MR) is 105 cm³/mol. The van der Waals surface area contributed by atoms with Gasteiger partial charge in [0.1, 0.15) is 5.82 Å². The first kappa shape index (κ1) is 13.7. The molecule has 1 fully saturated rings. The van der Waals surface area contributed by atoms with E-state index in [2.05, 4.69) is 63.4 Å². The van der Waals surface area contributed by atoms with Crippen molar-refractivity contribution in [2.24, 2.45) is 0 Å². The van der Waals surface area contributed by atoms with Crippen LogP contribution in [-0.2, 0) is 0 Å². The second-order valence-corrected chi connectivity index (χ2v) is 7.77. The molecular formula is C20H18N4S. The fraction of sp³-hybridized carbons (Fsp3) is 0.250. The van der Waals surface area contributed by atoms with Crippen molar-refractivity contribution in [1.82, 2.24) is 9.05 Å². The molecule has 2 bridgehead atoms. The number of hydrogen-bond acceptors (Lipinski definition) is 4. The van der Waals surface area contributed by atoms with Crippen molar-refractivity contribution in [3.8, 4) is 0 Å². The normalized spacial score (nSPS) is 18.7. The van der Waals surface area contributed by atoms with Crippen molar-refractivity contribution >= 4 is 38.6 Å². The summed E-state index contributed by atoms with van der Waals surface area (Å²) in [5, 5.41) is 3.74. The van der Waals surface area contributed by atoms with Gasteiger partial charge in [0.15, 0.2) is 0 Å². The van der Waals surface area contributed by atoms with E-state index >= 15 is 0 Å². The zero-order valence-electron chi connectivity index (χ0n) is 13.9. The molecule has 4 nitrogen and oxygen atoms in total. The minimum Gasteiger partial charge on any atom is -0.352 e. The monoisotopic (exact) mass is 346 g/mol. The largest absolute Gasteiger partial charge is 0.352 e. The van der Waals surface area contributed by atoms with Crippen LogP contribution in [0.15, 0.2) is 48.8 Å². The number of rotatable bonds is 2. The summed E-state index contributed by atoms with van der Waals surface area (Å²) in [7, 11) is 0. The fourth-order valence-corrected chi connectivity index (χ4v) is 5.05. The van der Waals surface area contributed by atoms with Crippen LogP contribution in [0.2, 0.25) is 0 Å². The molecule has 0 saturated carbocycles. The molecule has 0 N–H and O–H groups in total. The molecule has 0 radical (unpaired) electrons. The van der Waals surface area contributed by atoms with Crippen molar-refractivity contribution in [3.63, 3.8) is 0 Å². The molecular weight excluding hydrogens is 328 g/mol. The van der Waals surface area contributed by atoms with Gasteiger partial charge in [0.2, 0.25) is 0 Å². The number of piperazine rings is 1. The highest BCUT2D eigenvalue weighted by atomic mass is 32.1. The summed E-state index contributed by atoms with van der Waals surface area (Å²) in [6.45, 7) is 4.08. The topological polar surface area (TPSA) is 24.3 Å². The fourth-order valence-electron chi connectivity index (χ4n) is 4.25. The highest BCUT2D eigenvalue weighted by molar-refractivity contribution is 7.13. The highest BCUT2D eigenvalue weighted by Gasteiger charge is 2.28. The third-order valence-corrected chi connectivity index (χ3v) is 6.43. The lowest BCUT2D eigenvalue weighted by atomic mass is 10.1. The van der Waals surface area contributed by atoms with Crippen LogP contribution in [0.25, 0.3) is 21.2 Å². The predicted octanol–water partition coefficient (Wildman–Crippen LogP) is 3.74. The maximum absolute atomic E-state index is 4.71. The van der Waals surface area contributed by atoms with Crippen LogP contribution in [0.4, 0.5) is 5.82 Å². The number of anilines is 1. The van der Waals surface area contributed by atoms with Crippen LogP contribution < -0.4 is 9.91 Å². The average Bonchev–Trinajstić information content (AvgIpc) is 3.41. The lowest BCUT2D eigenvalue weighted by Crippen LogP contribution is -2.51. The van der Waals surface area contributed by atoms with E-state index in [1.54, 1.807) is 11.5 Å². The molecule has 0 unspecified atom stereocenters. The molecule has 3 aliphatic rings. The Bertz CT molecular complexity index is 1010. The minimum atomic E-state index is 1.02. The first-order valence-corrected chi connectivity index (χ1v) is 9.61. The van der Waals surface area contributed by atoms with Gasteiger partial charge in [-0.15, -0.1) is 0 Å². The van der Waals surface area contributed by atoms with Gasteiger partial charge in [0, 0.05) is 42.0 Å². The quantitative estimate of drug-likeness (QED) is 0.706. The second-order valence-electron chi connectivity index (χ2n) is 6.97. The molecule has 1 aromatic carbocycles. The van der Waals surface area contributed by atoms with Crippen molar-refractivity contribution in [1.29, 1.82) is 0 Å². The van der Waals surface area contributed by atoms with E-state index in [-0.39, 0.29) is 0 Å². The van der Waals surface area contributed by atoms with Crippen LogP contribution in [-0.4, -0.2) is 35.2 Å². The lowest BCUT2D eigenvalue weighted by Gasteiger charge is -2.36. The Hall–Kier alpha value is -2.53. The van der Waals surface area contributed by atoms with E-state index in [1.165, 1.54) is 32.4 Å². The third kappa shape index (κ3) is 1.96. The van der Waals surface area contributed by atoms with E-state index in [0.29, 0.717) is 0 Å². The van der Waals surface area contributed by atoms with Crippen molar-refractivity contribution in [2.45, 2.75) is 6.42 Å². The third-order valence-electron chi connectivity index (χ3n) is 5.61. The van der Waals surface area contributed by atoms with Gasteiger partial charge >= 0.3 is 0 Å². The van der Waals surface area contributed by atoms with E-state index in [9.17, 15) is 0 Å². The van der Waals surface area contributed by atoms with Crippen molar-refractivity contribution < 1.29 is 0 Å². The molecule has 2 aliphatic carbocycles. The van der Waals surface area contributed by atoms with E-state index in [4.69, 9.17) is 4.37 Å². The summed E-state index contributed by atoms with van der Waals surface area (Å²) < 4.78 is 8.30. The first-order chi connectivity index (χ1) is 12.4. The molecule has 2 aromatic heterocycles. The van der Waals surface area contributed by atoms with Crippen LogP contribution in [0, 0.1) is 0 Å². The van der Waals surface area contributed by atoms with Crippen LogP contribution in [0.3, 0.4) is 0 Å². The van der Waals surface area contributed by atoms with Gasteiger partial charge in [0.05, 0.1) is 17.8 Å². The average molecular weight is 346 g/mol. The molecule has 0 amide bonds. The van der Waals surface area contributed by atoms with Crippen LogP contribution >= 0.6 is 11.5 Å². The zero-order valence-corrected chi connectivity index (χ0v) is 14.7. The van der Waals surface area contributed by atoms with Crippen molar-refractivity contribution in [2.75, 3.05) is 36.1 Å². The Labute approximate surface area is 150 Å².